The molecule has 17 heteroatoms. The van der Waals surface area contributed by atoms with E-state index in [1.54, 1.807) is 36.4 Å². The van der Waals surface area contributed by atoms with Gasteiger partial charge in [-0.25, -0.2) is 27.6 Å². The second kappa shape index (κ2) is 14.6. The van der Waals surface area contributed by atoms with Crippen molar-refractivity contribution in [1.29, 1.82) is 0 Å². The van der Waals surface area contributed by atoms with Crippen LogP contribution in [0.2, 0.25) is 0 Å². The maximum atomic E-state index is 12.6. The molecule has 0 radical (unpaired) electrons. The molecule has 0 aliphatic rings. The number of halogens is 1. The van der Waals surface area contributed by atoms with Crippen molar-refractivity contribution in [2.75, 3.05) is 26.5 Å². The van der Waals surface area contributed by atoms with Crippen molar-refractivity contribution in [1.82, 2.24) is 25.3 Å². The number of primary sulfonamides is 1. The van der Waals surface area contributed by atoms with Crippen molar-refractivity contribution in [3.8, 4) is 11.5 Å². The first kappa shape index (κ1) is 30.8. The van der Waals surface area contributed by atoms with E-state index in [2.05, 4.69) is 20.6 Å². The number of sulfonamides is 1. The van der Waals surface area contributed by atoms with E-state index in [0.717, 1.165) is 16.9 Å². The minimum Gasteiger partial charge on any atom is -0.491 e. The lowest BCUT2D eigenvalue weighted by Gasteiger charge is -2.18. The van der Waals surface area contributed by atoms with Crippen molar-refractivity contribution in [3.63, 3.8) is 0 Å². The molecule has 0 aliphatic carbocycles. The van der Waals surface area contributed by atoms with Gasteiger partial charge in [0.2, 0.25) is 10.2 Å². The van der Waals surface area contributed by atoms with E-state index in [1.807, 2.05) is 6.07 Å². The highest BCUT2D eigenvalue weighted by molar-refractivity contribution is 7.91. The van der Waals surface area contributed by atoms with Crippen LogP contribution in [0.1, 0.15) is 11.3 Å². The van der Waals surface area contributed by atoms with Gasteiger partial charge in [0.1, 0.15) is 50.2 Å². The topological polar surface area (TPSA) is 187 Å². The Morgan fingerprint density at radius 3 is 2.76 bits per heavy atom. The number of aromatic nitrogens is 4. The van der Waals surface area contributed by atoms with Gasteiger partial charge in [0.15, 0.2) is 0 Å². The fourth-order valence-electron chi connectivity index (χ4n) is 3.64. The molecule has 2 aromatic carbocycles. The Morgan fingerprint density at radius 2 is 1.98 bits per heavy atom. The Morgan fingerprint density at radius 1 is 1.14 bits per heavy atom. The number of amides is 1. The molecule has 0 saturated carbocycles. The second-order valence-corrected chi connectivity index (χ2v) is 11.5. The number of hydrogen-bond donors (Lipinski definition) is 2. The minimum absolute atomic E-state index is 0.0307. The molecule has 42 heavy (non-hydrogen) atoms. The predicted octanol–water partition coefficient (Wildman–Crippen LogP) is 1.34. The molecule has 0 spiro atoms. The van der Waals surface area contributed by atoms with Gasteiger partial charge in [-0.15, -0.1) is 16.4 Å². The quantitative estimate of drug-likeness (QED) is 0.162. The molecule has 2 heterocycles. The van der Waals surface area contributed by atoms with Crippen LogP contribution in [-0.4, -0.2) is 73.3 Å². The van der Waals surface area contributed by atoms with Crippen LogP contribution in [0, 0.1) is 0 Å². The first-order chi connectivity index (χ1) is 20.2. The van der Waals surface area contributed by atoms with Crippen LogP contribution in [0.25, 0.3) is 10.2 Å². The Balaban J connectivity index is 1.26. The van der Waals surface area contributed by atoms with Gasteiger partial charge in [-0.3, -0.25) is 9.59 Å². The summed E-state index contributed by atoms with van der Waals surface area (Å²) < 4.78 is 58.6. The molecular weight excluding hydrogens is 595 g/mol. The van der Waals surface area contributed by atoms with Gasteiger partial charge in [-0.05, 0) is 29.8 Å². The maximum Gasteiger partial charge on any atom is 0.293 e. The number of ether oxygens (including phenoxy) is 4. The first-order valence-electron chi connectivity index (χ1n) is 12.4. The number of nitrogens with one attached hydrogen (secondary N) is 1. The van der Waals surface area contributed by atoms with Gasteiger partial charge in [0, 0.05) is 6.07 Å². The summed E-state index contributed by atoms with van der Waals surface area (Å²) in [6, 6.07) is 11.3. The van der Waals surface area contributed by atoms with E-state index in [0.29, 0.717) is 27.4 Å². The minimum atomic E-state index is -3.90. The number of nitrogens with zero attached hydrogens (tertiary/aromatic N) is 4. The highest BCUT2D eigenvalue weighted by Crippen LogP contribution is 2.28. The van der Waals surface area contributed by atoms with Crippen LogP contribution in [0.5, 0.6) is 11.5 Å². The highest BCUT2D eigenvalue weighted by atomic mass is 32.2. The van der Waals surface area contributed by atoms with Gasteiger partial charge in [-0.2, -0.15) is 0 Å². The molecule has 0 aliphatic heterocycles. The Labute approximate surface area is 243 Å². The van der Waals surface area contributed by atoms with Crippen molar-refractivity contribution in [3.05, 3.63) is 59.9 Å². The van der Waals surface area contributed by atoms with Crippen molar-refractivity contribution < 1.29 is 41.3 Å². The number of thiazole rings is 1. The Kier molecular flexibility index (Phi) is 10.7. The smallest absolute Gasteiger partial charge is 0.293 e. The maximum absolute atomic E-state index is 12.6. The zero-order valence-electron chi connectivity index (χ0n) is 22.0. The zero-order valence-corrected chi connectivity index (χ0v) is 23.7. The Bertz CT molecular complexity index is 1610. The summed E-state index contributed by atoms with van der Waals surface area (Å²) in [7, 11) is -3.90. The van der Waals surface area contributed by atoms with Crippen LogP contribution in [-0.2, 0) is 48.8 Å². The third-order valence-electron chi connectivity index (χ3n) is 5.42. The summed E-state index contributed by atoms with van der Waals surface area (Å²) in [5.74, 6) is 0.523. The number of fused-ring (bicyclic) bond motifs is 1. The fraction of sp³-hybridized carbons (Fsp3) is 0.320. The monoisotopic (exact) mass is 622 g/mol. The fourth-order valence-corrected chi connectivity index (χ4v) is 5.28. The lowest BCUT2D eigenvalue weighted by Crippen LogP contribution is -2.43. The van der Waals surface area contributed by atoms with Gasteiger partial charge >= 0.3 is 0 Å². The van der Waals surface area contributed by atoms with E-state index >= 15 is 0 Å². The molecule has 0 unspecified atom stereocenters. The van der Waals surface area contributed by atoms with E-state index in [9.17, 15) is 22.4 Å². The van der Waals surface area contributed by atoms with Crippen LogP contribution < -0.4 is 19.9 Å². The third-order valence-corrected chi connectivity index (χ3v) is 7.78. The molecule has 0 bridgehead atoms. The lowest BCUT2D eigenvalue weighted by atomic mass is 10.2. The summed E-state index contributed by atoms with van der Waals surface area (Å²) >= 11 is 0.959. The number of carbonyl (C=O) groups excluding carboxylic acids is 2. The molecule has 224 valence electrons. The van der Waals surface area contributed by atoms with Crippen molar-refractivity contribution in [2.45, 2.75) is 30.1 Å². The number of rotatable bonds is 17. The largest absolute Gasteiger partial charge is 0.491 e. The average Bonchev–Trinajstić information content (AvgIpc) is 3.60. The van der Waals surface area contributed by atoms with Gasteiger partial charge in [0.25, 0.3) is 16.5 Å². The lowest BCUT2D eigenvalue weighted by molar-refractivity contribution is -0.132. The van der Waals surface area contributed by atoms with E-state index in [1.165, 1.54) is 10.9 Å². The number of benzene rings is 2. The predicted molar refractivity (Wildman–Crippen MR) is 147 cm³/mol. The van der Waals surface area contributed by atoms with Gasteiger partial charge < -0.3 is 24.3 Å². The van der Waals surface area contributed by atoms with Crippen LogP contribution in [0.3, 0.4) is 0 Å². The number of hydrogen-bond acceptors (Lipinski definition) is 12. The zero-order chi connectivity index (χ0) is 30.0. The average molecular weight is 623 g/mol. The van der Waals surface area contributed by atoms with Gasteiger partial charge in [0.05, 0.1) is 35.7 Å². The molecule has 2 aromatic heterocycles. The van der Waals surface area contributed by atoms with E-state index in [4.69, 9.17) is 24.1 Å². The molecule has 3 N–H and O–H groups in total. The summed E-state index contributed by atoms with van der Waals surface area (Å²) in [6.45, 7) is -0.364. The standard InChI is InChI=1S/C25H27FN6O8S2/c26-6-7-39-20-3-1-2-17(8-20)12-37-13-19(14-38-16-33)28-24(34)11-32-10-18(30-31-32)15-40-21-4-5-23-22(9-21)29-25(41-23)42(27,35)36/h1-5,8-10,16,19H,6-7,11-15H2,(H,28,34)(H2,27,35,36)/t19-/m0/s1. The van der Waals surface area contributed by atoms with Crippen molar-refractivity contribution >= 4 is 44.0 Å². The summed E-state index contributed by atoms with van der Waals surface area (Å²) in [5.41, 5.74) is 1.65. The number of alkyl halides is 1. The van der Waals surface area contributed by atoms with E-state index < -0.39 is 28.6 Å². The summed E-state index contributed by atoms with van der Waals surface area (Å²) in [6.07, 6.45) is 1.53. The molecule has 0 saturated heterocycles. The summed E-state index contributed by atoms with van der Waals surface area (Å²) in [4.78, 5) is 27.3. The molecule has 1 atom stereocenters. The highest BCUT2D eigenvalue weighted by Gasteiger charge is 2.17. The van der Waals surface area contributed by atoms with E-state index in [-0.39, 0.29) is 50.4 Å². The first-order valence-corrected chi connectivity index (χ1v) is 14.7. The van der Waals surface area contributed by atoms with Crippen LogP contribution in [0.15, 0.2) is 53.0 Å². The van der Waals surface area contributed by atoms with Crippen LogP contribution in [0.4, 0.5) is 4.39 Å². The second-order valence-electron chi connectivity index (χ2n) is 8.74. The SMILES string of the molecule is NS(=O)(=O)c1nc2cc(OCc3cn(CC(=O)N[C@H](COC=O)COCc4cccc(OCCF)c4)nn3)ccc2s1. The van der Waals surface area contributed by atoms with Crippen molar-refractivity contribution in [2.24, 2.45) is 5.14 Å². The third kappa shape index (κ3) is 9.16. The molecule has 1 amide bonds. The molecule has 4 aromatic rings. The molecule has 0 fully saturated rings. The molecule has 4 rings (SSSR count). The normalized spacial score (nSPS) is 12.1. The molecular formula is C25H27FN6O8S2. The summed E-state index contributed by atoms with van der Waals surface area (Å²) in [5, 5.41) is 15.8. The number of carbonyl (C=O) groups is 2. The molecule has 14 nitrogen and oxygen atoms in total. The van der Waals surface area contributed by atoms with Gasteiger partial charge in [-0.1, -0.05) is 17.3 Å². The number of nitrogens with two attached hydrogens (primary N) is 1. The van der Waals surface area contributed by atoms with Crippen LogP contribution >= 0.6 is 11.3 Å². The Hall–Kier alpha value is -4.19.